The first-order chi connectivity index (χ1) is 15.4. The van der Waals surface area contributed by atoms with Crippen molar-refractivity contribution < 1.29 is 28.5 Å². The zero-order chi connectivity index (χ0) is 23.9. The van der Waals surface area contributed by atoms with E-state index in [-0.39, 0.29) is 6.10 Å². The lowest BCUT2D eigenvalue weighted by Crippen LogP contribution is -2.42. The number of oxime groups is 1. The Balaban J connectivity index is 1.56. The van der Waals surface area contributed by atoms with E-state index in [4.69, 9.17) is 28.5 Å². The molecule has 3 fully saturated rings. The second-order valence-corrected chi connectivity index (χ2v) is 15.4. The van der Waals surface area contributed by atoms with Crippen LogP contribution in [0.3, 0.4) is 0 Å². The van der Waals surface area contributed by atoms with Gasteiger partial charge in [-0.05, 0) is 33.3 Å². The van der Waals surface area contributed by atoms with E-state index in [1.807, 2.05) is 58.0 Å². The Labute approximate surface area is 197 Å². The van der Waals surface area contributed by atoms with E-state index in [2.05, 4.69) is 36.3 Å². The van der Waals surface area contributed by atoms with E-state index in [1.54, 1.807) is 0 Å². The molecule has 3 heterocycles. The number of ether oxygens (including phenoxy) is 5. The molecule has 0 radical (unpaired) electrons. The summed E-state index contributed by atoms with van der Waals surface area (Å²) in [5.41, 5.74) is 5.06. The third kappa shape index (κ3) is 6.04. The average molecular weight is 474 g/mol. The highest BCUT2D eigenvalue weighted by Crippen LogP contribution is 2.41. The molecule has 0 aliphatic carbocycles. The molecule has 0 unspecified atom stereocenters. The minimum atomic E-state index is -1.49. The molecule has 0 N–H and O–H groups in total. The highest BCUT2D eigenvalue weighted by atomic mass is 28.3. The maximum atomic E-state index is 6.29. The summed E-state index contributed by atoms with van der Waals surface area (Å²) in [6.45, 7) is 14.5. The fraction of sp³-hybridized carbons (Fsp3) is 0.640. The highest BCUT2D eigenvalue weighted by molar-refractivity contribution is 6.83. The second-order valence-electron chi connectivity index (χ2n) is 10.7. The Bertz CT molecular complexity index is 930. The molecular formula is C25H35NO6Si. The highest BCUT2D eigenvalue weighted by Gasteiger charge is 2.59. The van der Waals surface area contributed by atoms with Gasteiger partial charge in [0.15, 0.2) is 24.0 Å². The van der Waals surface area contributed by atoms with Gasteiger partial charge in [0.1, 0.15) is 38.7 Å². The van der Waals surface area contributed by atoms with Crippen LogP contribution in [0.4, 0.5) is 0 Å². The van der Waals surface area contributed by atoms with Crippen LogP contribution < -0.4 is 0 Å². The SMILES string of the molecule is CC1(C)O[C@H]2O[C@H]([C@@H]3OC(C)(C)O[C@@H]3CC#C[Si](C)(C)C)/C(=N\OCc3ccccc3)[C@H]2O1. The molecular weight excluding hydrogens is 438 g/mol. The molecule has 0 amide bonds. The summed E-state index contributed by atoms with van der Waals surface area (Å²) >= 11 is 0. The Morgan fingerprint density at radius 2 is 1.64 bits per heavy atom. The minimum absolute atomic E-state index is 0.264. The number of benzene rings is 1. The molecule has 7 nitrogen and oxygen atoms in total. The predicted molar refractivity (Wildman–Crippen MR) is 127 cm³/mol. The molecule has 0 saturated carbocycles. The maximum Gasteiger partial charge on any atom is 0.193 e. The molecule has 0 bridgehead atoms. The van der Waals surface area contributed by atoms with Crippen LogP contribution in [0.5, 0.6) is 0 Å². The Kier molecular flexibility index (Phi) is 6.75. The first kappa shape index (κ1) is 24.4. The van der Waals surface area contributed by atoms with Gasteiger partial charge >= 0.3 is 0 Å². The first-order valence-electron chi connectivity index (χ1n) is 11.5. The largest absolute Gasteiger partial charge is 0.391 e. The lowest BCUT2D eigenvalue weighted by molar-refractivity contribution is -0.211. The standard InChI is InChI=1S/C25H35NO6Si/c1-24(2)29-18(14-11-15-33(5,6)7)20(30-24)21-19(22-23(28-21)32-25(3,4)31-22)26-27-16-17-12-9-8-10-13-17/h8-10,12-13,18,20-23H,14,16H2,1-7H3/b26-19+/t18-,20-,21+,22-,23-/m1/s1. The van der Waals surface area contributed by atoms with Crippen LogP contribution in [-0.2, 0) is 35.1 Å². The molecule has 33 heavy (non-hydrogen) atoms. The van der Waals surface area contributed by atoms with Gasteiger partial charge in [0.05, 0.1) is 0 Å². The summed E-state index contributed by atoms with van der Waals surface area (Å²) in [6.07, 6.45) is -1.69. The van der Waals surface area contributed by atoms with E-state index < -0.39 is 44.3 Å². The zero-order valence-electron chi connectivity index (χ0n) is 20.6. The lowest BCUT2D eigenvalue weighted by Gasteiger charge is -2.25. The number of hydrogen-bond acceptors (Lipinski definition) is 7. The minimum Gasteiger partial charge on any atom is -0.391 e. The number of rotatable bonds is 5. The van der Waals surface area contributed by atoms with Crippen LogP contribution in [0.1, 0.15) is 39.7 Å². The quantitative estimate of drug-likeness (QED) is 0.362. The molecule has 3 aliphatic heterocycles. The van der Waals surface area contributed by atoms with Crippen molar-refractivity contribution in [2.75, 3.05) is 0 Å². The van der Waals surface area contributed by atoms with Crippen molar-refractivity contribution in [1.29, 1.82) is 0 Å². The van der Waals surface area contributed by atoms with Crippen molar-refractivity contribution in [2.45, 2.75) is 103 Å². The van der Waals surface area contributed by atoms with Gasteiger partial charge in [-0.1, -0.05) is 55.1 Å². The number of nitrogens with zero attached hydrogens (tertiary/aromatic N) is 1. The third-order valence-corrected chi connectivity index (χ3v) is 6.38. The van der Waals surface area contributed by atoms with Gasteiger partial charge in [-0.3, -0.25) is 0 Å². The van der Waals surface area contributed by atoms with Gasteiger partial charge < -0.3 is 28.5 Å². The fourth-order valence-corrected chi connectivity index (χ4v) is 4.84. The van der Waals surface area contributed by atoms with Crippen molar-refractivity contribution in [3.63, 3.8) is 0 Å². The van der Waals surface area contributed by atoms with Crippen molar-refractivity contribution in [3.8, 4) is 11.5 Å². The topological polar surface area (TPSA) is 67.7 Å². The van der Waals surface area contributed by atoms with Crippen LogP contribution in [0.15, 0.2) is 35.5 Å². The predicted octanol–water partition coefficient (Wildman–Crippen LogP) is 4.23. The Hall–Kier alpha value is -1.73. The lowest BCUT2D eigenvalue weighted by atomic mass is 10.0. The van der Waals surface area contributed by atoms with Gasteiger partial charge in [0.25, 0.3) is 0 Å². The van der Waals surface area contributed by atoms with Crippen LogP contribution in [-0.4, -0.2) is 56.1 Å². The van der Waals surface area contributed by atoms with Crippen LogP contribution in [0, 0.1) is 11.5 Å². The molecule has 8 heteroatoms. The Morgan fingerprint density at radius 3 is 2.33 bits per heavy atom. The monoisotopic (exact) mass is 473 g/mol. The Morgan fingerprint density at radius 1 is 0.939 bits per heavy atom. The second kappa shape index (κ2) is 9.14. The van der Waals surface area contributed by atoms with Crippen molar-refractivity contribution in [2.24, 2.45) is 5.16 Å². The van der Waals surface area contributed by atoms with Gasteiger partial charge in [-0.25, -0.2) is 0 Å². The molecule has 1 aromatic rings. The van der Waals surface area contributed by atoms with Crippen LogP contribution in [0.2, 0.25) is 19.6 Å². The van der Waals surface area contributed by atoms with Crippen LogP contribution >= 0.6 is 0 Å². The smallest absolute Gasteiger partial charge is 0.193 e. The van der Waals surface area contributed by atoms with E-state index in [1.165, 1.54) is 0 Å². The maximum absolute atomic E-state index is 6.29. The zero-order valence-corrected chi connectivity index (χ0v) is 21.6. The van der Waals surface area contributed by atoms with Gasteiger partial charge in [-0.15, -0.1) is 11.5 Å². The fourth-order valence-electron chi connectivity index (χ4n) is 4.21. The molecule has 180 valence electrons. The molecule has 3 saturated heterocycles. The molecule has 4 rings (SSSR count). The summed E-state index contributed by atoms with van der Waals surface area (Å²) in [7, 11) is -1.49. The molecule has 0 aromatic heterocycles. The molecule has 5 atom stereocenters. The van der Waals surface area contributed by atoms with Gasteiger partial charge in [0, 0.05) is 6.42 Å². The van der Waals surface area contributed by atoms with Crippen molar-refractivity contribution in [3.05, 3.63) is 35.9 Å². The van der Waals surface area contributed by atoms with Gasteiger partial charge in [-0.2, -0.15) is 0 Å². The van der Waals surface area contributed by atoms with E-state index in [9.17, 15) is 0 Å². The molecule has 3 aliphatic rings. The summed E-state index contributed by atoms with van der Waals surface area (Å²) in [6, 6.07) is 9.90. The summed E-state index contributed by atoms with van der Waals surface area (Å²) < 4.78 is 30.9. The number of hydrogen-bond donors (Lipinski definition) is 0. The van der Waals surface area contributed by atoms with Crippen molar-refractivity contribution >= 4 is 13.8 Å². The molecule has 1 aromatic carbocycles. The summed E-state index contributed by atoms with van der Waals surface area (Å²) in [5.74, 6) is 1.79. The van der Waals surface area contributed by atoms with E-state index in [0.29, 0.717) is 18.7 Å². The molecule has 0 spiro atoms. The summed E-state index contributed by atoms with van der Waals surface area (Å²) in [5, 5.41) is 4.48. The summed E-state index contributed by atoms with van der Waals surface area (Å²) in [4.78, 5) is 5.74. The van der Waals surface area contributed by atoms with E-state index >= 15 is 0 Å². The number of fused-ring (bicyclic) bond motifs is 1. The average Bonchev–Trinajstić information content (AvgIpc) is 3.28. The van der Waals surface area contributed by atoms with Crippen LogP contribution in [0.25, 0.3) is 0 Å². The first-order valence-corrected chi connectivity index (χ1v) is 15.0. The van der Waals surface area contributed by atoms with E-state index in [0.717, 1.165) is 5.56 Å². The van der Waals surface area contributed by atoms with Gasteiger partial charge in [0.2, 0.25) is 0 Å². The normalized spacial score (nSPS) is 33.5. The van der Waals surface area contributed by atoms with Crippen molar-refractivity contribution in [1.82, 2.24) is 0 Å². The third-order valence-electron chi connectivity index (χ3n) is 5.45.